The predicted octanol–water partition coefficient (Wildman–Crippen LogP) is 0.640. The van der Waals surface area contributed by atoms with Gasteiger partial charge in [-0.15, -0.1) is 0 Å². The number of amides is 1. The predicted molar refractivity (Wildman–Crippen MR) is 94.0 cm³/mol. The fraction of sp³-hybridized carbons (Fsp3) is 0.562. The molecular weight excluding hydrogens is 346 g/mol. The Balaban J connectivity index is 2.36. The maximum absolute atomic E-state index is 13.0. The van der Waals surface area contributed by atoms with Crippen LogP contribution in [0.25, 0.3) is 0 Å². The lowest BCUT2D eigenvalue weighted by Crippen LogP contribution is -2.40. The molecule has 1 saturated heterocycles. The molecule has 0 spiro atoms. The van der Waals surface area contributed by atoms with E-state index in [4.69, 9.17) is 15.2 Å². The van der Waals surface area contributed by atoms with Crippen molar-refractivity contribution in [1.29, 1.82) is 0 Å². The van der Waals surface area contributed by atoms with Crippen LogP contribution in [0.2, 0.25) is 0 Å². The van der Waals surface area contributed by atoms with E-state index in [2.05, 4.69) is 5.32 Å². The number of hydrogen-bond acceptors (Lipinski definition) is 6. The van der Waals surface area contributed by atoms with Crippen molar-refractivity contribution in [2.45, 2.75) is 18.7 Å². The number of nitrogens with one attached hydrogen (secondary N) is 1. The minimum atomic E-state index is -3.75. The van der Waals surface area contributed by atoms with E-state index in [-0.39, 0.29) is 42.1 Å². The molecule has 1 unspecified atom stereocenters. The normalized spacial score (nSPS) is 17.1. The van der Waals surface area contributed by atoms with Gasteiger partial charge >= 0.3 is 0 Å². The molecule has 0 aliphatic carbocycles. The fourth-order valence-corrected chi connectivity index (χ4v) is 3.93. The molecule has 8 nitrogen and oxygen atoms in total. The van der Waals surface area contributed by atoms with Gasteiger partial charge in [0.2, 0.25) is 15.9 Å². The second-order valence-corrected chi connectivity index (χ2v) is 7.64. The van der Waals surface area contributed by atoms with Crippen molar-refractivity contribution in [3.05, 3.63) is 18.2 Å². The standard InChI is InChI=1S/C16H25N3O5S/c1-3-24-14-5-4-13(18-16(20)12(2)11-17)10-15(14)25(21,22)19-6-8-23-9-7-19/h4-5,10,12H,3,6-9,11,17H2,1-2H3,(H,18,20). The summed E-state index contributed by atoms with van der Waals surface area (Å²) < 4.78 is 38.0. The lowest BCUT2D eigenvalue weighted by Gasteiger charge is -2.27. The molecule has 9 heteroatoms. The zero-order valence-electron chi connectivity index (χ0n) is 14.5. The molecule has 1 aromatic rings. The maximum atomic E-state index is 13.0. The van der Waals surface area contributed by atoms with Gasteiger partial charge in [-0.1, -0.05) is 6.92 Å². The topological polar surface area (TPSA) is 111 Å². The molecule has 1 aliphatic heterocycles. The third-order valence-corrected chi connectivity index (χ3v) is 5.82. The number of rotatable bonds is 7. The number of hydrogen-bond donors (Lipinski definition) is 2. The highest BCUT2D eigenvalue weighted by Crippen LogP contribution is 2.30. The first kappa shape index (κ1) is 19.6. The van der Waals surface area contributed by atoms with Crippen molar-refractivity contribution in [3.8, 4) is 5.75 Å². The van der Waals surface area contributed by atoms with Gasteiger partial charge in [-0.2, -0.15) is 4.31 Å². The van der Waals surface area contributed by atoms with E-state index in [9.17, 15) is 13.2 Å². The summed E-state index contributed by atoms with van der Waals surface area (Å²) in [7, 11) is -3.75. The molecule has 1 aliphatic rings. The average Bonchev–Trinajstić information content (AvgIpc) is 2.63. The first-order chi connectivity index (χ1) is 11.9. The summed E-state index contributed by atoms with van der Waals surface area (Å²) in [6.45, 7) is 5.31. The van der Waals surface area contributed by atoms with E-state index in [0.717, 1.165) is 0 Å². The Morgan fingerprint density at radius 1 is 1.40 bits per heavy atom. The number of anilines is 1. The molecule has 3 N–H and O–H groups in total. The summed E-state index contributed by atoms with van der Waals surface area (Å²) in [5, 5.41) is 2.70. The second kappa shape index (κ2) is 8.61. The Hall–Kier alpha value is -1.68. The molecule has 25 heavy (non-hydrogen) atoms. The Morgan fingerprint density at radius 3 is 2.68 bits per heavy atom. The summed E-state index contributed by atoms with van der Waals surface area (Å²) in [5.41, 5.74) is 5.88. The van der Waals surface area contributed by atoms with Gasteiger partial charge in [0.25, 0.3) is 0 Å². The highest BCUT2D eigenvalue weighted by molar-refractivity contribution is 7.89. The van der Waals surface area contributed by atoms with E-state index >= 15 is 0 Å². The van der Waals surface area contributed by atoms with Crippen molar-refractivity contribution in [1.82, 2.24) is 4.31 Å². The Morgan fingerprint density at radius 2 is 2.08 bits per heavy atom. The van der Waals surface area contributed by atoms with Crippen LogP contribution in [0.5, 0.6) is 5.75 Å². The molecule has 1 aromatic carbocycles. The van der Waals surface area contributed by atoms with Crippen molar-refractivity contribution in [3.63, 3.8) is 0 Å². The van der Waals surface area contributed by atoms with Crippen molar-refractivity contribution in [2.24, 2.45) is 11.7 Å². The Kier molecular flexibility index (Phi) is 6.77. The van der Waals surface area contributed by atoms with E-state index in [1.165, 1.54) is 10.4 Å². The smallest absolute Gasteiger partial charge is 0.246 e. The number of morpholine rings is 1. The molecule has 2 rings (SSSR count). The SMILES string of the molecule is CCOc1ccc(NC(=O)C(C)CN)cc1S(=O)(=O)N1CCOCC1. The van der Waals surface area contributed by atoms with Crippen LogP contribution in [0.15, 0.2) is 23.1 Å². The summed E-state index contributed by atoms with van der Waals surface area (Å²) >= 11 is 0. The van der Waals surface area contributed by atoms with E-state index in [1.54, 1.807) is 26.0 Å². The van der Waals surface area contributed by atoms with Crippen LogP contribution in [0.4, 0.5) is 5.69 Å². The third-order valence-electron chi connectivity index (χ3n) is 3.90. The number of benzene rings is 1. The lowest BCUT2D eigenvalue weighted by atomic mass is 10.1. The number of ether oxygens (including phenoxy) is 2. The van der Waals surface area contributed by atoms with Crippen LogP contribution < -0.4 is 15.8 Å². The van der Waals surface area contributed by atoms with Crippen LogP contribution >= 0.6 is 0 Å². The molecule has 1 amide bonds. The van der Waals surface area contributed by atoms with Crippen molar-refractivity contribution in [2.75, 3.05) is 44.8 Å². The zero-order chi connectivity index (χ0) is 18.4. The van der Waals surface area contributed by atoms with E-state index in [0.29, 0.717) is 25.5 Å². The molecule has 0 radical (unpaired) electrons. The average molecular weight is 371 g/mol. The molecule has 1 heterocycles. The molecule has 1 fully saturated rings. The van der Waals surface area contributed by atoms with Crippen LogP contribution in [-0.4, -0.2) is 58.1 Å². The van der Waals surface area contributed by atoms with Gasteiger partial charge < -0.3 is 20.5 Å². The molecule has 0 bridgehead atoms. The van der Waals surface area contributed by atoms with Gasteiger partial charge in [0.05, 0.1) is 19.8 Å². The third kappa shape index (κ3) is 4.69. The minimum Gasteiger partial charge on any atom is -0.492 e. The van der Waals surface area contributed by atoms with Crippen LogP contribution in [0, 0.1) is 5.92 Å². The minimum absolute atomic E-state index is 0.0365. The Labute approximate surface area is 148 Å². The van der Waals surface area contributed by atoms with Gasteiger partial charge in [0, 0.05) is 31.2 Å². The van der Waals surface area contributed by atoms with Crippen LogP contribution in [0.1, 0.15) is 13.8 Å². The van der Waals surface area contributed by atoms with Crippen LogP contribution in [-0.2, 0) is 19.6 Å². The van der Waals surface area contributed by atoms with Gasteiger partial charge in [0.1, 0.15) is 10.6 Å². The number of nitrogens with two attached hydrogens (primary N) is 1. The summed E-state index contributed by atoms with van der Waals surface area (Å²) in [6.07, 6.45) is 0. The molecule has 0 aromatic heterocycles. The molecule has 0 saturated carbocycles. The monoisotopic (exact) mass is 371 g/mol. The van der Waals surface area contributed by atoms with E-state index < -0.39 is 10.0 Å². The summed E-state index contributed by atoms with van der Waals surface area (Å²) in [6, 6.07) is 4.60. The number of nitrogens with zero attached hydrogens (tertiary/aromatic N) is 1. The largest absolute Gasteiger partial charge is 0.492 e. The van der Waals surface area contributed by atoms with Crippen LogP contribution in [0.3, 0.4) is 0 Å². The van der Waals surface area contributed by atoms with Crippen molar-refractivity contribution >= 4 is 21.6 Å². The zero-order valence-corrected chi connectivity index (χ0v) is 15.3. The van der Waals surface area contributed by atoms with Crippen molar-refractivity contribution < 1.29 is 22.7 Å². The first-order valence-electron chi connectivity index (χ1n) is 8.25. The van der Waals surface area contributed by atoms with Gasteiger partial charge in [-0.25, -0.2) is 8.42 Å². The maximum Gasteiger partial charge on any atom is 0.246 e. The Bertz CT molecular complexity index is 702. The summed E-state index contributed by atoms with van der Waals surface area (Å²) in [5.74, 6) is -0.369. The number of sulfonamides is 1. The van der Waals surface area contributed by atoms with Gasteiger partial charge in [-0.3, -0.25) is 4.79 Å². The van der Waals surface area contributed by atoms with Gasteiger partial charge in [-0.05, 0) is 25.1 Å². The van der Waals surface area contributed by atoms with Gasteiger partial charge in [0.15, 0.2) is 0 Å². The molecule has 1 atom stereocenters. The molecular formula is C16H25N3O5S. The highest BCUT2D eigenvalue weighted by atomic mass is 32.2. The molecule has 140 valence electrons. The quantitative estimate of drug-likeness (QED) is 0.728. The van der Waals surface area contributed by atoms with E-state index in [1.807, 2.05) is 0 Å². The lowest BCUT2D eigenvalue weighted by molar-refractivity contribution is -0.119. The number of carbonyl (C=O) groups is 1. The highest BCUT2D eigenvalue weighted by Gasteiger charge is 2.30. The second-order valence-electron chi connectivity index (χ2n) is 5.74. The fourth-order valence-electron chi connectivity index (χ4n) is 2.36. The number of carbonyl (C=O) groups excluding carboxylic acids is 1. The first-order valence-corrected chi connectivity index (χ1v) is 9.69. The summed E-state index contributed by atoms with van der Waals surface area (Å²) in [4.78, 5) is 12.1.